The molecular weight excluding hydrogens is 613 g/mol. The fraction of sp³-hybridized carbons (Fsp3) is 0. The number of para-hydroxylation sites is 2. The largest absolute Gasteiger partial charge is 0.456 e. The number of nitrogens with zero attached hydrogens (tertiary/aromatic N) is 4. The number of furan rings is 1. The van der Waals surface area contributed by atoms with Gasteiger partial charge in [0.25, 0.3) is 0 Å². The summed E-state index contributed by atoms with van der Waals surface area (Å²) < 4.78 is 8.61. The van der Waals surface area contributed by atoms with Crippen LogP contribution in [-0.2, 0) is 0 Å². The van der Waals surface area contributed by atoms with E-state index in [9.17, 15) is 0 Å². The molecule has 0 amide bonds. The van der Waals surface area contributed by atoms with Gasteiger partial charge in [0, 0.05) is 38.2 Å². The molecule has 0 aliphatic rings. The van der Waals surface area contributed by atoms with E-state index in [-0.39, 0.29) is 0 Å². The van der Waals surface area contributed by atoms with E-state index < -0.39 is 0 Å². The minimum absolute atomic E-state index is 0.569. The first-order valence-electron chi connectivity index (χ1n) is 16.7. The smallest absolute Gasteiger partial charge is 0.238 e. The van der Waals surface area contributed by atoms with Gasteiger partial charge in [-0.2, -0.15) is 9.97 Å². The van der Waals surface area contributed by atoms with Gasteiger partial charge in [0.2, 0.25) is 5.95 Å². The monoisotopic (exact) mass is 640 g/mol. The molecule has 5 heteroatoms. The molecule has 0 fully saturated rings. The minimum atomic E-state index is 0.569. The van der Waals surface area contributed by atoms with E-state index in [0.717, 1.165) is 71.6 Å². The van der Waals surface area contributed by atoms with Crippen molar-refractivity contribution in [1.82, 2.24) is 19.5 Å². The van der Waals surface area contributed by atoms with Crippen molar-refractivity contribution in [3.05, 3.63) is 170 Å². The summed E-state index contributed by atoms with van der Waals surface area (Å²) in [5.41, 5.74) is 10.1. The van der Waals surface area contributed by atoms with Gasteiger partial charge in [-0.05, 0) is 47.0 Å². The Balaban J connectivity index is 1.22. The second kappa shape index (κ2) is 11.4. The van der Waals surface area contributed by atoms with Crippen LogP contribution in [0.4, 0.5) is 0 Å². The lowest BCUT2D eigenvalue weighted by molar-refractivity contribution is 0.669. The first-order chi connectivity index (χ1) is 24.8. The molecule has 3 aromatic heterocycles. The second-order valence-corrected chi connectivity index (χ2v) is 12.5. The quantitative estimate of drug-likeness (QED) is 0.188. The van der Waals surface area contributed by atoms with Crippen molar-refractivity contribution in [3.63, 3.8) is 0 Å². The maximum Gasteiger partial charge on any atom is 0.238 e. The Morgan fingerprint density at radius 3 is 1.72 bits per heavy atom. The van der Waals surface area contributed by atoms with Crippen molar-refractivity contribution in [2.45, 2.75) is 0 Å². The molecule has 5 nitrogen and oxygen atoms in total. The van der Waals surface area contributed by atoms with Crippen molar-refractivity contribution in [1.29, 1.82) is 0 Å². The van der Waals surface area contributed by atoms with Gasteiger partial charge in [0.15, 0.2) is 11.6 Å². The van der Waals surface area contributed by atoms with E-state index in [0.29, 0.717) is 17.6 Å². The molecule has 0 spiro atoms. The number of hydrogen-bond acceptors (Lipinski definition) is 4. The summed E-state index contributed by atoms with van der Waals surface area (Å²) in [6, 6.07) is 58.6. The van der Waals surface area contributed by atoms with E-state index in [2.05, 4.69) is 108 Å². The first kappa shape index (κ1) is 28.2. The van der Waals surface area contributed by atoms with Crippen molar-refractivity contribution < 1.29 is 4.42 Å². The first-order valence-corrected chi connectivity index (χ1v) is 16.7. The maximum atomic E-state index is 6.41. The summed E-state index contributed by atoms with van der Waals surface area (Å²) in [6.07, 6.45) is 0. The molecular formula is C45H28N4O. The Morgan fingerprint density at radius 2 is 1.00 bits per heavy atom. The van der Waals surface area contributed by atoms with Crippen LogP contribution in [0.15, 0.2) is 174 Å². The number of aromatic nitrogens is 4. The van der Waals surface area contributed by atoms with Gasteiger partial charge < -0.3 is 4.42 Å². The molecule has 234 valence electrons. The van der Waals surface area contributed by atoms with E-state index in [1.54, 1.807) is 0 Å². The Morgan fingerprint density at radius 1 is 0.380 bits per heavy atom. The Bertz CT molecular complexity index is 2800. The van der Waals surface area contributed by atoms with E-state index in [1.165, 1.54) is 5.56 Å². The van der Waals surface area contributed by atoms with Crippen LogP contribution in [0, 0.1) is 0 Å². The third kappa shape index (κ3) is 4.60. The van der Waals surface area contributed by atoms with Gasteiger partial charge >= 0.3 is 0 Å². The third-order valence-electron chi connectivity index (χ3n) is 9.47. The molecule has 0 bridgehead atoms. The van der Waals surface area contributed by atoms with Gasteiger partial charge in [-0.3, -0.25) is 4.57 Å². The topological polar surface area (TPSA) is 56.7 Å². The number of rotatable bonds is 5. The van der Waals surface area contributed by atoms with Crippen LogP contribution in [0.25, 0.3) is 94.7 Å². The van der Waals surface area contributed by atoms with E-state index in [1.807, 2.05) is 66.7 Å². The van der Waals surface area contributed by atoms with E-state index in [4.69, 9.17) is 19.4 Å². The molecule has 0 atom stereocenters. The SMILES string of the molecule is c1ccc(-c2ccc3c(c2)oc2ccc(-c4cccc5c6ccccc6n(-c6nc(-c7ccccc7)nc(-c7ccccc7)n6)c45)cc23)cc1. The number of fused-ring (bicyclic) bond motifs is 6. The zero-order valence-corrected chi connectivity index (χ0v) is 26.9. The van der Waals surface area contributed by atoms with Crippen LogP contribution in [0.1, 0.15) is 0 Å². The van der Waals surface area contributed by atoms with Crippen molar-refractivity contribution in [3.8, 4) is 51.0 Å². The van der Waals surface area contributed by atoms with Crippen molar-refractivity contribution in [2.24, 2.45) is 0 Å². The lowest BCUT2D eigenvalue weighted by Crippen LogP contribution is -2.06. The highest BCUT2D eigenvalue weighted by atomic mass is 16.3. The molecule has 0 unspecified atom stereocenters. The summed E-state index contributed by atoms with van der Waals surface area (Å²) in [6.45, 7) is 0. The average molecular weight is 641 g/mol. The lowest BCUT2D eigenvalue weighted by atomic mass is 9.99. The molecule has 0 aliphatic carbocycles. The van der Waals surface area contributed by atoms with Crippen molar-refractivity contribution >= 4 is 43.7 Å². The third-order valence-corrected chi connectivity index (χ3v) is 9.47. The zero-order valence-electron chi connectivity index (χ0n) is 26.9. The van der Waals surface area contributed by atoms with E-state index >= 15 is 0 Å². The molecule has 10 aromatic rings. The molecule has 10 rings (SSSR count). The number of benzene rings is 7. The normalized spacial score (nSPS) is 11.6. The molecule has 3 heterocycles. The Hall–Kier alpha value is -6.85. The predicted molar refractivity (Wildman–Crippen MR) is 203 cm³/mol. The molecule has 50 heavy (non-hydrogen) atoms. The minimum Gasteiger partial charge on any atom is -0.456 e. The van der Waals surface area contributed by atoms with Crippen molar-refractivity contribution in [2.75, 3.05) is 0 Å². The van der Waals surface area contributed by atoms with Gasteiger partial charge in [-0.1, -0.05) is 140 Å². The standard InChI is InChI=1S/C45H28N4O/c1-4-13-29(14-5-1)32-23-25-36-38-27-33(24-26-40(38)50-41(36)28-32)34-20-12-21-37-35-19-10-11-22-39(35)49(42(34)37)45-47-43(30-15-6-2-7-16-30)46-44(48-45)31-17-8-3-9-18-31/h1-28H. The highest BCUT2D eigenvalue weighted by molar-refractivity contribution is 6.14. The van der Waals surface area contributed by atoms with Crippen LogP contribution in [0.3, 0.4) is 0 Å². The van der Waals surface area contributed by atoms with Crippen LogP contribution in [0.2, 0.25) is 0 Å². The van der Waals surface area contributed by atoms with Crippen LogP contribution >= 0.6 is 0 Å². The van der Waals surface area contributed by atoms with Gasteiger partial charge in [0.1, 0.15) is 11.2 Å². The molecule has 0 N–H and O–H groups in total. The van der Waals surface area contributed by atoms with Gasteiger partial charge in [-0.25, -0.2) is 4.98 Å². The molecule has 0 saturated carbocycles. The van der Waals surface area contributed by atoms with Gasteiger partial charge in [0.05, 0.1) is 11.0 Å². The maximum absolute atomic E-state index is 6.41. The highest BCUT2D eigenvalue weighted by Gasteiger charge is 2.21. The predicted octanol–water partition coefficient (Wildman–Crippen LogP) is 11.5. The lowest BCUT2D eigenvalue weighted by Gasteiger charge is -2.13. The van der Waals surface area contributed by atoms with Crippen LogP contribution < -0.4 is 0 Å². The molecule has 7 aromatic carbocycles. The fourth-order valence-corrected chi connectivity index (χ4v) is 7.11. The summed E-state index contributed by atoms with van der Waals surface area (Å²) in [5.74, 6) is 1.82. The van der Waals surface area contributed by atoms with Gasteiger partial charge in [-0.15, -0.1) is 0 Å². The average Bonchev–Trinajstić information content (AvgIpc) is 3.74. The summed E-state index contributed by atoms with van der Waals surface area (Å²) in [5, 5.41) is 4.43. The second-order valence-electron chi connectivity index (χ2n) is 12.5. The fourth-order valence-electron chi connectivity index (χ4n) is 7.11. The highest BCUT2D eigenvalue weighted by Crippen LogP contribution is 2.40. The Kier molecular flexibility index (Phi) is 6.42. The molecule has 0 saturated heterocycles. The van der Waals surface area contributed by atoms with Crippen LogP contribution in [-0.4, -0.2) is 19.5 Å². The summed E-state index contributed by atoms with van der Waals surface area (Å²) >= 11 is 0. The summed E-state index contributed by atoms with van der Waals surface area (Å²) in [4.78, 5) is 15.3. The molecule has 0 aliphatic heterocycles. The molecule has 0 radical (unpaired) electrons. The van der Waals surface area contributed by atoms with Crippen LogP contribution in [0.5, 0.6) is 0 Å². The number of hydrogen-bond donors (Lipinski definition) is 0. The Labute approximate surface area is 287 Å². The zero-order chi connectivity index (χ0) is 33.0. The summed E-state index contributed by atoms with van der Waals surface area (Å²) in [7, 11) is 0.